The Hall–Kier alpha value is -1.29. The van der Waals surface area contributed by atoms with Gasteiger partial charge in [0.05, 0.1) is 0 Å². The van der Waals surface area contributed by atoms with Crippen LogP contribution in [0.1, 0.15) is 30.9 Å². The second-order valence-corrected chi connectivity index (χ2v) is 5.75. The van der Waals surface area contributed by atoms with Gasteiger partial charge in [0.15, 0.2) is 0 Å². The summed E-state index contributed by atoms with van der Waals surface area (Å²) in [6, 6.07) is 4.24. The van der Waals surface area contributed by atoms with Gasteiger partial charge in [-0.05, 0) is 43.5 Å². The van der Waals surface area contributed by atoms with E-state index in [1.54, 1.807) is 0 Å². The van der Waals surface area contributed by atoms with Gasteiger partial charge in [-0.3, -0.25) is 0 Å². The maximum atomic E-state index is 4.41. The zero-order valence-corrected chi connectivity index (χ0v) is 13.3. The van der Waals surface area contributed by atoms with Crippen molar-refractivity contribution in [3.63, 3.8) is 0 Å². The molecule has 2 rings (SSSR count). The first-order valence-corrected chi connectivity index (χ1v) is 7.46. The summed E-state index contributed by atoms with van der Waals surface area (Å²) in [5.41, 5.74) is 3.58. The Bertz CT molecular complexity index is 537. The third kappa shape index (κ3) is 3.38. The Morgan fingerprint density at radius 2 is 1.95 bits per heavy atom. The molecule has 0 atom stereocenters. The standard InChI is InChI=1S/C15H20BrN3/c1-4-5-7-19-8-6-17-15(19)18-14-11(2)9-13(16)10-12(14)3/h6,8-10H,4-5,7H2,1-3H3,(H,17,18). The lowest BCUT2D eigenvalue weighted by molar-refractivity contribution is 0.638. The highest BCUT2D eigenvalue weighted by atomic mass is 79.9. The number of hydrogen-bond donors (Lipinski definition) is 1. The predicted octanol–water partition coefficient (Wildman–Crippen LogP) is 4.81. The first-order valence-electron chi connectivity index (χ1n) is 6.66. The van der Waals surface area contributed by atoms with E-state index in [2.05, 4.69) is 63.7 Å². The Kier molecular flexibility index (Phi) is 4.64. The molecule has 2 aromatic rings. The van der Waals surface area contributed by atoms with E-state index in [4.69, 9.17) is 0 Å². The first-order chi connectivity index (χ1) is 9.11. The van der Waals surface area contributed by atoms with Crippen LogP contribution in [0.2, 0.25) is 0 Å². The molecule has 1 N–H and O–H groups in total. The molecule has 0 unspecified atom stereocenters. The summed E-state index contributed by atoms with van der Waals surface area (Å²) < 4.78 is 3.28. The van der Waals surface area contributed by atoms with Crippen molar-refractivity contribution in [2.24, 2.45) is 0 Å². The van der Waals surface area contributed by atoms with Gasteiger partial charge in [-0.25, -0.2) is 4.98 Å². The maximum Gasteiger partial charge on any atom is 0.207 e. The van der Waals surface area contributed by atoms with Crippen LogP contribution in [0.5, 0.6) is 0 Å². The molecule has 19 heavy (non-hydrogen) atoms. The minimum Gasteiger partial charge on any atom is -0.325 e. The van der Waals surface area contributed by atoms with E-state index in [0.29, 0.717) is 0 Å². The van der Waals surface area contributed by atoms with Crippen LogP contribution in [0, 0.1) is 13.8 Å². The third-order valence-electron chi connectivity index (χ3n) is 3.20. The monoisotopic (exact) mass is 321 g/mol. The van der Waals surface area contributed by atoms with Gasteiger partial charge < -0.3 is 9.88 Å². The van der Waals surface area contributed by atoms with Crippen molar-refractivity contribution in [3.8, 4) is 0 Å². The topological polar surface area (TPSA) is 29.9 Å². The minimum absolute atomic E-state index is 0.918. The van der Waals surface area contributed by atoms with E-state index in [1.807, 2.05) is 12.4 Å². The molecule has 1 heterocycles. The smallest absolute Gasteiger partial charge is 0.207 e. The number of aryl methyl sites for hydroxylation is 3. The SMILES string of the molecule is CCCCn1ccnc1Nc1c(C)cc(Br)cc1C. The van der Waals surface area contributed by atoms with Crippen LogP contribution in [-0.2, 0) is 6.54 Å². The van der Waals surface area contributed by atoms with Gasteiger partial charge in [-0.15, -0.1) is 0 Å². The van der Waals surface area contributed by atoms with Gasteiger partial charge in [-0.2, -0.15) is 0 Å². The molecule has 0 saturated heterocycles. The van der Waals surface area contributed by atoms with Crippen LogP contribution in [0.4, 0.5) is 11.6 Å². The van der Waals surface area contributed by atoms with Gasteiger partial charge in [0.2, 0.25) is 5.95 Å². The van der Waals surface area contributed by atoms with Gasteiger partial charge in [0, 0.05) is 29.1 Å². The summed E-state index contributed by atoms with van der Waals surface area (Å²) >= 11 is 3.53. The summed E-state index contributed by atoms with van der Waals surface area (Å²) in [7, 11) is 0. The molecule has 0 radical (unpaired) electrons. The molecule has 0 amide bonds. The summed E-state index contributed by atoms with van der Waals surface area (Å²) in [5, 5.41) is 3.46. The summed E-state index contributed by atoms with van der Waals surface area (Å²) in [6.07, 6.45) is 6.24. The summed E-state index contributed by atoms with van der Waals surface area (Å²) in [6.45, 7) is 7.43. The minimum atomic E-state index is 0.918. The molecular weight excluding hydrogens is 302 g/mol. The van der Waals surface area contributed by atoms with Crippen LogP contribution in [0.3, 0.4) is 0 Å². The van der Waals surface area contributed by atoms with Crippen molar-refractivity contribution in [1.29, 1.82) is 0 Å². The lowest BCUT2D eigenvalue weighted by Gasteiger charge is -2.14. The molecule has 1 aromatic carbocycles. The van der Waals surface area contributed by atoms with Gasteiger partial charge in [-0.1, -0.05) is 29.3 Å². The fraction of sp³-hybridized carbons (Fsp3) is 0.400. The van der Waals surface area contributed by atoms with Gasteiger partial charge in [0.1, 0.15) is 0 Å². The Morgan fingerprint density at radius 3 is 2.58 bits per heavy atom. The van der Waals surface area contributed by atoms with Crippen molar-refractivity contribution < 1.29 is 0 Å². The maximum absolute atomic E-state index is 4.41. The lowest BCUT2D eigenvalue weighted by Crippen LogP contribution is -2.05. The fourth-order valence-electron chi connectivity index (χ4n) is 2.16. The fourth-order valence-corrected chi connectivity index (χ4v) is 2.85. The highest BCUT2D eigenvalue weighted by Crippen LogP contribution is 2.27. The highest BCUT2D eigenvalue weighted by molar-refractivity contribution is 9.10. The molecule has 1 aromatic heterocycles. The first kappa shape index (κ1) is 14.1. The summed E-state index contributed by atoms with van der Waals surface area (Å²) in [4.78, 5) is 4.41. The van der Waals surface area contributed by atoms with Crippen molar-refractivity contribution >= 4 is 27.6 Å². The van der Waals surface area contributed by atoms with Crippen molar-refractivity contribution in [2.75, 3.05) is 5.32 Å². The van der Waals surface area contributed by atoms with E-state index in [1.165, 1.54) is 24.0 Å². The molecule has 0 aliphatic carbocycles. The molecule has 0 saturated carbocycles. The van der Waals surface area contributed by atoms with Crippen molar-refractivity contribution in [3.05, 3.63) is 40.1 Å². The zero-order chi connectivity index (χ0) is 13.8. The van der Waals surface area contributed by atoms with Crippen molar-refractivity contribution in [1.82, 2.24) is 9.55 Å². The zero-order valence-electron chi connectivity index (χ0n) is 11.7. The van der Waals surface area contributed by atoms with Crippen LogP contribution < -0.4 is 5.32 Å². The number of halogens is 1. The second kappa shape index (κ2) is 6.24. The quantitative estimate of drug-likeness (QED) is 0.856. The number of benzene rings is 1. The van der Waals surface area contributed by atoms with E-state index in [0.717, 1.165) is 22.7 Å². The second-order valence-electron chi connectivity index (χ2n) is 4.84. The number of rotatable bonds is 5. The average molecular weight is 322 g/mol. The number of hydrogen-bond acceptors (Lipinski definition) is 2. The molecule has 0 bridgehead atoms. The number of unbranched alkanes of at least 4 members (excludes halogenated alkanes) is 1. The number of nitrogens with one attached hydrogen (secondary N) is 1. The van der Waals surface area contributed by atoms with Crippen LogP contribution in [0.25, 0.3) is 0 Å². The molecule has 3 nitrogen and oxygen atoms in total. The van der Waals surface area contributed by atoms with E-state index in [9.17, 15) is 0 Å². The Morgan fingerprint density at radius 1 is 1.26 bits per heavy atom. The average Bonchev–Trinajstić information content (AvgIpc) is 2.78. The van der Waals surface area contributed by atoms with Crippen LogP contribution in [-0.4, -0.2) is 9.55 Å². The molecule has 102 valence electrons. The number of aromatic nitrogens is 2. The largest absolute Gasteiger partial charge is 0.325 e. The molecule has 0 spiro atoms. The van der Waals surface area contributed by atoms with E-state index < -0.39 is 0 Å². The number of anilines is 2. The van der Waals surface area contributed by atoms with E-state index >= 15 is 0 Å². The van der Waals surface area contributed by atoms with E-state index in [-0.39, 0.29) is 0 Å². The van der Waals surface area contributed by atoms with Gasteiger partial charge in [0.25, 0.3) is 0 Å². The number of nitrogens with zero attached hydrogens (tertiary/aromatic N) is 2. The third-order valence-corrected chi connectivity index (χ3v) is 3.66. The Labute approximate surface area is 123 Å². The van der Waals surface area contributed by atoms with Crippen molar-refractivity contribution in [2.45, 2.75) is 40.2 Å². The molecule has 4 heteroatoms. The van der Waals surface area contributed by atoms with Gasteiger partial charge >= 0.3 is 0 Å². The molecule has 0 aliphatic heterocycles. The Balaban J connectivity index is 2.24. The van der Waals surface area contributed by atoms with Crippen LogP contribution in [0.15, 0.2) is 29.0 Å². The lowest BCUT2D eigenvalue weighted by atomic mass is 10.1. The molecular formula is C15H20BrN3. The predicted molar refractivity (Wildman–Crippen MR) is 84.0 cm³/mol. The highest BCUT2D eigenvalue weighted by Gasteiger charge is 2.08. The number of imidazole rings is 1. The molecule has 0 fully saturated rings. The summed E-state index contributed by atoms with van der Waals surface area (Å²) in [5.74, 6) is 0.918. The molecule has 0 aliphatic rings. The van der Waals surface area contributed by atoms with Crippen LogP contribution >= 0.6 is 15.9 Å². The normalized spacial score (nSPS) is 10.7.